The van der Waals surface area contributed by atoms with Gasteiger partial charge in [-0.2, -0.15) is 0 Å². The fourth-order valence-corrected chi connectivity index (χ4v) is 6.65. The van der Waals surface area contributed by atoms with Gasteiger partial charge in [-0.15, -0.1) is 23.1 Å². The number of hydrogen-bond donors (Lipinski definition) is 0. The first kappa shape index (κ1) is 19.3. The van der Waals surface area contributed by atoms with E-state index in [1.165, 1.54) is 20.9 Å². The summed E-state index contributed by atoms with van der Waals surface area (Å²) < 4.78 is 0. The van der Waals surface area contributed by atoms with Crippen LogP contribution in [0.15, 0.2) is 53.4 Å². The third-order valence-corrected chi connectivity index (χ3v) is 8.50. The van der Waals surface area contributed by atoms with Gasteiger partial charge in [-0.1, -0.05) is 47.5 Å². The van der Waals surface area contributed by atoms with Crippen LogP contribution in [0.25, 0.3) is 10.4 Å². The molecule has 0 aliphatic carbocycles. The average molecular weight is 461 g/mol. The van der Waals surface area contributed by atoms with Crippen LogP contribution in [0, 0.1) is 0 Å². The van der Waals surface area contributed by atoms with Crippen LogP contribution in [-0.4, -0.2) is 37.0 Å². The van der Waals surface area contributed by atoms with Crippen molar-refractivity contribution in [2.45, 2.75) is 10.6 Å². The van der Waals surface area contributed by atoms with Crippen molar-refractivity contribution in [2.75, 3.05) is 31.1 Å². The third kappa shape index (κ3) is 3.55. The summed E-state index contributed by atoms with van der Waals surface area (Å²) >= 11 is 16.0. The number of benzene rings is 2. The highest BCUT2D eigenvalue weighted by Crippen LogP contribution is 2.45. The Kier molecular flexibility index (Phi) is 5.25. The normalized spacial score (nSPS) is 15.8. The topological polar surface area (TPSA) is 23.6 Å². The van der Waals surface area contributed by atoms with E-state index in [9.17, 15) is 4.79 Å². The van der Waals surface area contributed by atoms with Crippen molar-refractivity contribution in [3.63, 3.8) is 0 Å². The van der Waals surface area contributed by atoms with Crippen molar-refractivity contribution in [2.24, 2.45) is 0 Å². The molecule has 3 heterocycles. The van der Waals surface area contributed by atoms with Crippen molar-refractivity contribution < 1.29 is 4.79 Å². The van der Waals surface area contributed by atoms with Crippen molar-refractivity contribution in [3.05, 3.63) is 69.0 Å². The minimum Gasteiger partial charge on any atom is -0.367 e. The lowest BCUT2D eigenvalue weighted by Crippen LogP contribution is -2.48. The Hall–Kier alpha value is -1.66. The molecule has 0 unspecified atom stereocenters. The summed E-state index contributed by atoms with van der Waals surface area (Å²) in [6.07, 6.45) is 0. The number of piperazine rings is 1. The highest BCUT2D eigenvalue weighted by atomic mass is 35.5. The number of thioether (sulfide) groups is 1. The molecule has 2 aliphatic heterocycles. The highest BCUT2D eigenvalue weighted by Gasteiger charge is 2.27. The Balaban J connectivity index is 1.32. The molecule has 0 spiro atoms. The van der Waals surface area contributed by atoms with Gasteiger partial charge in [0.05, 0.1) is 20.6 Å². The molecule has 1 amide bonds. The molecule has 0 atom stereocenters. The first-order valence-corrected chi connectivity index (χ1v) is 12.0. The molecule has 29 heavy (non-hydrogen) atoms. The standard InChI is InChI=1S/C22H18Cl2N2OS2/c23-16-5-3-6-17(20(16)24)25-8-10-26(11-9-25)22(27)19-12-14-13-28-18-7-2-1-4-15(18)21(14)29-19/h1-7,12H,8-11,13H2. The second-order valence-corrected chi connectivity index (χ2v) is 9.96. The number of halogens is 2. The summed E-state index contributed by atoms with van der Waals surface area (Å²) in [6, 6.07) is 16.2. The monoisotopic (exact) mass is 460 g/mol. The lowest BCUT2D eigenvalue weighted by atomic mass is 10.1. The highest BCUT2D eigenvalue weighted by molar-refractivity contribution is 7.98. The lowest BCUT2D eigenvalue weighted by molar-refractivity contribution is 0.0751. The third-order valence-electron chi connectivity index (χ3n) is 5.37. The molecule has 0 radical (unpaired) electrons. The zero-order valence-electron chi connectivity index (χ0n) is 15.5. The van der Waals surface area contributed by atoms with Crippen molar-refractivity contribution >= 4 is 57.9 Å². The van der Waals surface area contributed by atoms with E-state index in [0.717, 1.165) is 29.4 Å². The molecule has 0 bridgehead atoms. The Morgan fingerprint density at radius 3 is 2.59 bits per heavy atom. The van der Waals surface area contributed by atoms with Crippen LogP contribution in [0.5, 0.6) is 0 Å². The van der Waals surface area contributed by atoms with Crippen LogP contribution >= 0.6 is 46.3 Å². The largest absolute Gasteiger partial charge is 0.367 e. The van der Waals surface area contributed by atoms with E-state index in [1.54, 1.807) is 17.4 Å². The molecular formula is C22H18Cl2N2OS2. The molecule has 1 aromatic heterocycles. The minimum atomic E-state index is 0.128. The maximum absolute atomic E-state index is 13.2. The molecule has 1 fully saturated rings. The van der Waals surface area contributed by atoms with Crippen molar-refractivity contribution in [3.8, 4) is 10.4 Å². The SMILES string of the molecule is O=C(c1cc2c(s1)-c1ccccc1SC2)N1CCN(c2cccc(Cl)c2Cl)CC1. The van der Waals surface area contributed by atoms with Crippen molar-refractivity contribution in [1.29, 1.82) is 0 Å². The summed E-state index contributed by atoms with van der Waals surface area (Å²) in [4.78, 5) is 20.7. The quantitative estimate of drug-likeness (QED) is 0.448. The van der Waals surface area contributed by atoms with Crippen LogP contribution in [0.3, 0.4) is 0 Å². The van der Waals surface area contributed by atoms with Gasteiger partial charge in [-0.25, -0.2) is 0 Å². The predicted octanol–water partition coefficient (Wildman–Crippen LogP) is 6.29. The number of carbonyl (C=O) groups is 1. The number of nitrogens with zero attached hydrogens (tertiary/aromatic N) is 2. The first-order chi connectivity index (χ1) is 14.1. The number of thiophene rings is 1. The Morgan fingerprint density at radius 1 is 0.966 bits per heavy atom. The second-order valence-electron chi connectivity index (χ2n) is 7.10. The maximum atomic E-state index is 13.2. The van der Waals surface area contributed by atoms with E-state index >= 15 is 0 Å². The van der Waals surface area contributed by atoms with Gasteiger partial charge in [0.15, 0.2) is 0 Å². The van der Waals surface area contributed by atoms with E-state index in [0.29, 0.717) is 23.1 Å². The van der Waals surface area contributed by atoms with E-state index < -0.39 is 0 Å². The van der Waals surface area contributed by atoms with Gasteiger partial charge in [0, 0.05) is 47.3 Å². The molecule has 2 aliphatic rings. The summed E-state index contributed by atoms with van der Waals surface area (Å²) in [5.74, 6) is 1.06. The van der Waals surface area contributed by atoms with Gasteiger partial charge in [-0.05, 0) is 29.8 Å². The Labute approximate surface area is 188 Å². The van der Waals surface area contributed by atoms with Crippen LogP contribution in [0.2, 0.25) is 10.0 Å². The van der Waals surface area contributed by atoms with Gasteiger partial charge in [0.25, 0.3) is 5.91 Å². The Bertz CT molecular complexity index is 1090. The second kappa shape index (κ2) is 7.88. The molecule has 148 valence electrons. The Morgan fingerprint density at radius 2 is 1.76 bits per heavy atom. The maximum Gasteiger partial charge on any atom is 0.264 e. The first-order valence-electron chi connectivity index (χ1n) is 9.45. The summed E-state index contributed by atoms with van der Waals surface area (Å²) in [5, 5.41) is 1.14. The fraction of sp³-hybridized carbons (Fsp3) is 0.227. The molecule has 1 saturated heterocycles. The number of amides is 1. The van der Waals surface area contributed by atoms with Gasteiger partial charge in [0.2, 0.25) is 0 Å². The zero-order chi connectivity index (χ0) is 20.0. The molecular weight excluding hydrogens is 443 g/mol. The number of hydrogen-bond acceptors (Lipinski definition) is 4. The van der Waals surface area contributed by atoms with Crippen LogP contribution in [-0.2, 0) is 5.75 Å². The smallest absolute Gasteiger partial charge is 0.264 e. The fourth-order valence-electron chi connectivity index (χ4n) is 3.85. The van der Waals surface area contributed by atoms with E-state index in [1.807, 2.05) is 28.8 Å². The van der Waals surface area contributed by atoms with Crippen molar-refractivity contribution in [1.82, 2.24) is 4.90 Å². The van der Waals surface area contributed by atoms with Gasteiger partial charge < -0.3 is 9.80 Å². The number of fused-ring (bicyclic) bond motifs is 3. The zero-order valence-corrected chi connectivity index (χ0v) is 18.7. The summed E-state index contributed by atoms with van der Waals surface area (Å²) in [5.41, 5.74) is 3.46. The van der Waals surface area contributed by atoms with E-state index in [4.69, 9.17) is 23.2 Å². The van der Waals surface area contributed by atoms with Crippen LogP contribution in [0.1, 0.15) is 15.2 Å². The van der Waals surface area contributed by atoms with Gasteiger partial charge in [-0.3, -0.25) is 4.79 Å². The lowest BCUT2D eigenvalue weighted by Gasteiger charge is -2.36. The van der Waals surface area contributed by atoms with Gasteiger partial charge in [0.1, 0.15) is 0 Å². The average Bonchev–Trinajstić information content (AvgIpc) is 3.20. The number of carbonyl (C=O) groups excluding carboxylic acids is 1. The predicted molar refractivity (Wildman–Crippen MR) is 124 cm³/mol. The van der Waals surface area contributed by atoms with Crippen LogP contribution in [0.4, 0.5) is 5.69 Å². The van der Waals surface area contributed by atoms with E-state index in [2.05, 4.69) is 35.2 Å². The molecule has 7 heteroatoms. The molecule has 0 N–H and O–H groups in total. The number of rotatable bonds is 2. The molecule has 2 aromatic carbocycles. The molecule has 3 nitrogen and oxygen atoms in total. The minimum absolute atomic E-state index is 0.128. The number of anilines is 1. The van der Waals surface area contributed by atoms with Crippen LogP contribution < -0.4 is 4.90 Å². The van der Waals surface area contributed by atoms with Gasteiger partial charge >= 0.3 is 0 Å². The van der Waals surface area contributed by atoms with E-state index in [-0.39, 0.29) is 5.91 Å². The molecule has 5 rings (SSSR count). The molecule has 0 saturated carbocycles. The summed E-state index contributed by atoms with van der Waals surface area (Å²) in [7, 11) is 0. The molecule has 3 aromatic rings. The summed E-state index contributed by atoms with van der Waals surface area (Å²) in [6.45, 7) is 2.84.